The van der Waals surface area contributed by atoms with Gasteiger partial charge in [-0.1, -0.05) is 24.8 Å². The van der Waals surface area contributed by atoms with Crippen LogP contribution in [-0.4, -0.2) is 44.3 Å². The summed E-state index contributed by atoms with van der Waals surface area (Å²) in [5.74, 6) is 0.911. The zero-order valence-electron chi connectivity index (χ0n) is 20.7. The van der Waals surface area contributed by atoms with Crippen molar-refractivity contribution in [1.29, 1.82) is 0 Å². The van der Waals surface area contributed by atoms with E-state index >= 15 is 0 Å². The van der Waals surface area contributed by atoms with Crippen LogP contribution in [0.4, 0.5) is 0 Å². The van der Waals surface area contributed by atoms with Crippen molar-refractivity contribution in [3.05, 3.63) is 81.2 Å². The Balaban J connectivity index is 1.91. The first kappa shape index (κ1) is 24.5. The number of hydrogen-bond donors (Lipinski definition) is 0. The fraction of sp³-hybridized carbons (Fsp3) is 0.357. The van der Waals surface area contributed by atoms with Crippen molar-refractivity contribution < 1.29 is 23.4 Å². The van der Waals surface area contributed by atoms with Gasteiger partial charge in [-0.05, 0) is 62.1 Å². The topological polar surface area (TPSA) is 78.2 Å². The number of rotatable bonds is 10. The van der Waals surface area contributed by atoms with E-state index in [4.69, 9.17) is 18.6 Å². The Kier molecular flexibility index (Phi) is 7.26. The summed E-state index contributed by atoms with van der Waals surface area (Å²) in [6.07, 6.45) is 2.28. The number of methoxy groups -OCH3 is 1. The van der Waals surface area contributed by atoms with E-state index in [1.165, 1.54) is 0 Å². The van der Waals surface area contributed by atoms with Crippen molar-refractivity contribution in [3.63, 3.8) is 0 Å². The lowest BCUT2D eigenvalue weighted by molar-refractivity contribution is 0.0707. The van der Waals surface area contributed by atoms with Gasteiger partial charge in [-0.15, -0.1) is 0 Å². The van der Waals surface area contributed by atoms with Gasteiger partial charge in [0.25, 0.3) is 5.91 Å². The van der Waals surface area contributed by atoms with Crippen LogP contribution in [0.5, 0.6) is 11.5 Å². The maximum absolute atomic E-state index is 13.8. The zero-order valence-corrected chi connectivity index (χ0v) is 20.7. The van der Waals surface area contributed by atoms with Gasteiger partial charge in [-0.2, -0.15) is 0 Å². The molecule has 0 radical (unpaired) electrons. The van der Waals surface area contributed by atoms with Crippen LogP contribution in [0.2, 0.25) is 0 Å². The van der Waals surface area contributed by atoms with Crippen molar-refractivity contribution in [2.45, 2.75) is 33.2 Å². The molecule has 1 aliphatic rings. The van der Waals surface area contributed by atoms with E-state index in [-0.39, 0.29) is 17.1 Å². The Labute approximate surface area is 204 Å². The molecule has 7 heteroatoms. The highest BCUT2D eigenvalue weighted by Crippen LogP contribution is 2.41. The maximum atomic E-state index is 13.8. The van der Waals surface area contributed by atoms with E-state index in [0.717, 1.165) is 16.7 Å². The summed E-state index contributed by atoms with van der Waals surface area (Å²) in [4.78, 5) is 29.1. The van der Waals surface area contributed by atoms with Crippen molar-refractivity contribution >= 4 is 16.9 Å². The Bertz CT molecular complexity index is 1330. The molecule has 1 amide bonds. The first-order chi connectivity index (χ1) is 16.9. The number of aryl methyl sites for hydroxylation is 2. The van der Waals surface area contributed by atoms with E-state index in [1.54, 1.807) is 30.2 Å². The lowest BCUT2D eigenvalue weighted by Gasteiger charge is -2.26. The molecule has 1 aromatic heterocycles. The van der Waals surface area contributed by atoms with Gasteiger partial charge < -0.3 is 23.5 Å². The molecule has 3 aromatic rings. The second-order valence-corrected chi connectivity index (χ2v) is 8.62. The summed E-state index contributed by atoms with van der Waals surface area (Å²) in [7, 11) is 1.62. The molecule has 1 unspecified atom stereocenters. The maximum Gasteiger partial charge on any atom is 0.290 e. The molecule has 4 rings (SSSR count). The van der Waals surface area contributed by atoms with E-state index in [1.807, 2.05) is 39.0 Å². The number of ether oxygens (including phenoxy) is 3. The van der Waals surface area contributed by atoms with Crippen LogP contribution in [0.3, 0.4) is 0 Å². The number of carbonyl (C=O) groups is 1. The average Bonchev–Trinajstić information content (AvgIpc) is 3.10. The zero-order chi connectivity index (χ0) is 25.1. The van der Waals surface area contributed by atoms with E-state index in [9.17, 15) is 9.59 Å². The van der Waals surface area contributed by atoms with E-state index < -0.39 is 6.04 Å². The quantitative estimate of drug-likeness (QED) is 0.304. The molecule has 1 aliphatic heterocycles. The van der Waals surface area contributed by atoms with Gasteiger partial charge in [0.15, 0.2) is 16.9 Å². The third-order valence-electron chi connectivity index (χ3n) is 6.10. The Hall–Kier alpha value is -3.58. The van der Waals surface area contributed by atoms with Gasteiger partial charge >= 0.3 is 0 Å². The monoisotopic (exact) mass is 477 g/mol. The lowest BCUT2D eigenvalue weighted by Crippen LogP contribution is -2.31. The van der Waals surface area contributed by atoms with Gasteiger partial charge in [0.05, 0.1) is 23.6 Å². The molecule has 0 bridgehead atoms. The van der Waals surface area contributed by atoms with Gasteiger partial charge in [0.2, 0.25) is 5.76 Å². The fourth-order valence-corrected chi connectivity index (χ4v) is 4.70. The summed E-state index contributed by atoms with van der Waals surface area (Å²) in [5.41, 5.74) is 3.14. The van der Waals surface area contributed by atoms with Crippen LogP contribution in [0.15, 0.2) is 52.2 Å². The molecular weight excluding hydrogens is 446 g/mol. The van der Waals surface area contributed by atoms with Gasteiger partial charge in [-0.25, -0.2) is 0 Å². The molecule has 2 aromatic carbocycles. The van der Waals surface area contributed by atoms with Crippen molar-refractivity contribution in [1.82, 2.24) is 4.90 Å². The Morgan fingerprint density at radius 3 is 2.63 bits per heavy atom. The van der Waals surface area contributed by atoms with Crippen LogP contribution in [0.25, 0.3) is 11.0 Å². The molecule has 1 atom stereocenters. The molecule has 0 aliphatic carbocycles. The number of fused-ring (bicyclic) bond motifs is 2. The lowest BCUT2D eigenvalue weighted by atomic mass is 9.96. The molecule has 2 heterocycles. The fourth-order valence-electron chi connectivity index (χ4n) is 4.70. The molecule has 184 valence electrons. The predicted octanol–water partition coefficient (Wildman–Crippen LogP) is 4.96. The summed E-state index contributed by atoms with van der Waals surface area (Å²) in [6.45, 7) is 11.1. The normalized spacial score (nSPS) is 14.9. The van der Waals surface area contributed by atoms with Crippen LogP contribution in [-0.2, 0) is 4.74 Å². The molecule has 0 spiro atoms. The number of nitrogens with zero attached hydrogens (tertiary/aromatic N) is 1. The average molecular weight is 478 g/mol. The second kappa shape index (κ2) is 10.4. The molecule has 0 saturated heterocycles. The molecule has 35 heavy (non-hydrogen) atoms. The Morgan fingerprint density at radius 1 is 1.11 bits per heavy atom. The first-order valence-electron chi connectivity index (χ1n) is 11.8. The minimum absolute atomic E-state index is 0.0971. The Morgan fingerprint density at radius 2 is 1.91 bits per heavy atom. The minimum Gasteiger partial charge on any atom is -0.490 e. The molecule has 7 nitrogen and oxygen atoms in total. The van der Waals surface area contributed by atoms with Crippen LogP contribution in [0.1, 0.15) is 52.2 Å². The van der Waals surface area contributed by atoms with E-state index in [2.05, 4.69) is 6.58 Å². The number of hydrogen-bond acceptors (Lipinski definition) is 6. The summed E-state index contributed by atoms with van der Waals surface area (Å²) >= 11 is 0. The van der Waals surface area contributed by atoms with Crippen LogP contribution < -0.4 is 14.9 Å². The van der Waals surface area contributed by atoms with Crippen LogP contribution in [0, 0.1) is 13.8 Å². The highest BCUT2D eigenvalue weighted by molar-refractivity contribution is 5.99. The molecule has 0 saturated carbocycles. The number of benzene rings is 2. The second-order valence-electron chi connectivity index (χ2n) is 8.62. The molecule has 0 N–H and O–H groups in total. The number of amides is 1. The third kappa shape index (κ3) is 4.56. The largest absolute Gasteiger partial charge is 0.490 e. The summed E-state index contributed by atoms with van der Waals surface area (Å²) in [5, 5.41) is 0.502. The molecular formula is C28H31NO6. The van der Waals surface area contributed by atoms with Crippen molar-refractivity contribution in [3.8, 4) is 11.5 Å². The van der Waals surface area contributed by atoms with Crippen LogP contribution >= 0.6 is 0 Å². The molecule has 0 fully saturated rings. The van der Waals surface area contributed by atoms with E-state index in [0.29, 0.717) is 60.8 Å². The van der Waals surface area contributed by atoms with Gasteiger partial charge in [0.1, 0.15) is 12.2 Å². The highest BCUT2D eigenvalue weighted by atomic mass is 16.5. The summed E-state index contributed by atoms with van der Waals surface area (Å²) in [6, 6.07) is 8.65. The SMILES string of the molecule is C=CCOc1ccc(C2c3c(oc4cc(C)cc(C)c4c3=O)C(=O)N2CCCOC)cc1OCC. The third-order valence-corrected chi connectivity index (χ3v) is 6.10. The highest BCUT2D eigenvalue weighted by Gasteiger charge is 2.42. The minimum atomic E-state index is -0.608. The standard InChI is InChI=1S/C28H31NO6/c1-6-12-34-20-10-9-19(16-21(20)33-7-2)25-24-26(30)23-18(4)14-17(3)15-22(23)35-27(24)28(31)29(25)11-8-13-32-5/h6,9-10,14-16,25H,1,7-8,11-13H2,2-5H3. The van der Waals surface area contributed by atoms with Gasteiger partial charge in [0, 0.05) is 20.3 Å². The smallest absolute Gasteiger partial charge is 0.290 e. The number of carbonyl (C=O) groups excluding carboxylic acids is 1. The summed E-state index contributed by atoms with van der Waals surface area (Å²) < 4.78 is 22.9. The van der Waals surface area contributed by atoms with Gasteiger partial charge in [-0.3, -0.25) is 9.59 Å². The predicted molar refractivity (Wildman–Crippen MR) is 135 cm³/mol. The van der Waals surface area contributed by atoms with Crippen molar-refractivity contribution in [2.24, 2.45) is 0 Å². The van der Waals surface area contributed by atoms with Crippen molar-refractivity contribution in [2.75, 3.05) is 33.5 Å². The first-order valence-corrected chi connectivity index (χ1v) is 11.8.